The Morgan fingerprint density at radius 2 is 1.38 bits per heavy atom. The number of Topliss-reactive ketones (excluding diaryl/α,β-unsaturated/α-hetero) is 1. The van der Waals surface area contributed by atoms with E-state index in [0.717, 1.165) is 44.9 Å². The van der Waals surface area contributed by atoms with Crippen molar-refractivity contribution in [2.75, 3.05) is 26.4 Å². The van der Waals surface area contributed by atoms with E-state index in [-0.39, 0.29) is 18.8 Å². The van der Waals surface area contributed by atoms with E-state index >= 15 is 0 Å². The van der Waals surface area contributed by atoms with Crippen molar-refractivity contribution < 1.29 is 43.5 Å². The van der Waals surface area contributed by atoms with E-state index in [9.17, 15) is 24.6 Å². The number of nitrogens with one attached hydrogen (secondary N) is 1. The third-order valence-electron chi connectivity index (χ3n) is 8.13. The molecule has 0 aromatic carbocycles. The van der Waals surface area contributed by atoms with Gasteiger partial charge < -0.3 is 34.5 Å². The van der Waals surface area contributed by atoms with Crippen molar-refractivity contribution in [2.45, 2.75) is 166 Å². The number of ether oxygens (including phenoxy) is 4. The summed E-state index contributed by atoms with van der Waals surface area (Å²) in [5.41, 5.74) is 0. The van der Waals surface area contributed by atoms with Crippen molar-refractivity contribution in [3.8, 4) is 0 Å². The largest absolute Gasteiger partial charge is 0.460 e. The third-order valence-corrected chi connectivity index (χ3v) is 8.13. The highest BCUT2D eigenvalue weighted by Crippen LogP contribution is 2.25. The summed E-state index contributed by atoms with van der Waals surface area (Å²) in [7, 11) is 0. The summed E-state index contributed by atoms with van der Waals surface area (Å²) in [5, 5.41) is 23.6. The summed E-state index contributed by atoms with van der Waals surface area (Å²) in [6.45, 7) is 7.24. The van der Waals surface area contributed by atoms with E-state index < -0.39 is 55.7 Å². The maximum Gasteiger partial charge on any atom is 0.332 e. The Morgan fingerprint density at radius 3 is 1.93 bits per heavy atom. The summed E-state index contributed by atoms with van der Waals surface area (Å²) in [5.74, 6) is -1.37. The number of rotatable bonds is 29. The SMILES string of the molecule is C=CCOC(=O)CO[C@H]1O[C@H](CO)[C@@H](O)[C@H](OCCCCCCCCCC)[C@H]1NC(=O)CC(=O)CCCCCCCCCCC. The van der Waals surface area contributed by atoms with Crippen LogP contribution in [0.5, 0.6) is 0 Å². The second kappa shape index (κ2) is 27.3. The lowest BCUT2D eigenvalue weighted by Gasteiger charge is -2.44. The van der Waals surface area contributed by atoms with Crippen molar-refractivity contribution in [1.82, 2.24) is 5.32 Å². The van der Waals surface area contributed by atoms with Crippen molar-refractivity contribution >= 4 is 17.7 Å². The topological polar surface area (TPSA) is 141 Å². The molecule has 10 nitrogen and oxygen atoms in total. The average molecular weight is 642 g/mol. The number of esters is 1. The lowest BCUT2D eigenvalue weighted by Crippen LogP contribution is -2.65. The smallest absolute Gasteiger partial charge is 0.332 e. The molecule has 0 spiro atoms. The first-order chi connectivity index (χ1) is 21.9. The highest BCUT2D eigenvalue weighted by Gasteiger charge is 2.47. The van der Waals surface area contributed by atoms with Crippen LogP contribution in [-0.4, -0.2) is 84.9 Å². The maximum atomic E-state index is 13.0. The normalized spacial score (nSPS) is 21.4. The Balaban J connectivity index is 2.71. The Morgan fingerprint density at radius 1 is 0.822 bits per heavy atom. The molecule has 1 amide bonds. The maximum absolute atomic E-state index is 13.0. The zero-order valence-corrected chi connectivity index (χ0v) is 28.2. The molecule has 1 rings (SSSR count). The minimum absolute atomic E-state index is 0.0112. The second-order valence-corrected chi connectivity index (χ2v) is 12.2. The van der Waals surface area contributed by atoms with Gasteiger partial charge in [0.1, 0.15) is 43.4 Å². The van der Waals surface area contributed by atoms with Crippen LogP contribution in [0.1, 0.15) is 136 Å². The van der Waals surface area contributed by atoms with Gasteiger partial charge in [-0.1, -0.05) is 123 Å². The van der Waals surface area contributed by atoms with E-state index in [2.05, 4.69) is 25.7 Å². The molecule has 1 aliphatic rings. The number of aliphatic hydroxyl groups is 2. The van der Waals surface area contributed by atoms with Crippen LogP contribution >= 0.6 is 0 Å². The van der Waals surface area contributed by atoms with Crippen molar-refractivity contribution in [3.63, 3.8) is 0 Å². The van der Waals surface area contributed by atoms with Gasteiger partial charge in [0.2, 0.25) is 5.91 Å². The van der Waals surface area contributed by atoms with Gasteiger partial charge in [-0.15, -0.1) is 0 Å². The monoisotopic (exact) mass is 641 g/mol. The summed E-state index contributed by atoms with van der Waals surface area (Å²) in [4.78, 5) is 37.7. The second-order valence-electron chi connectivity index (χ2n) is 12.2. The fraction of sp³-hybridized carbons (Fsp3) is 0.857. The van der Waals surface area contributed by atoms with Crippen LogP contribution in [0.15, 0.2) is 12.7 Å². The molecule has 10 heteroatoms. The van der Waals surface area contributed by atoms with Gasteiger partial charge >= 0.3 is 5.97 Å². The zero-order valence-electron chi connectivity index (χ0n) is 28.2. The number of unbranched alkanes of at least 4 members (excludes halogenated alkanes) is 15. The molecular formula is C35H63NO9. The molecule has 0 aromatic rings. The van der Waals surface area contributed by atoms with Crippen LogP contribution in [0.2, 0.25) is 0 Å². The van der Waals surface area contributed by atoms with E-state index in [1.807, 2.05) is 0 Å². The van der Waals surface area contributed by atoms with Gasteiger partial charge in [0, 0.05) is 13.0 Å². The van der Waals surface area contributed by atoms with Crippen LogP contribution in [0, 0.1) is 0 Å². The molecule has 0 aliphatic carbocycles. The van der Waals surface area contributed by atoms with Crippen LogP contribution < -0.4 is 5.32 Å². The minimum Gasteiger partial charge on any atom is -0.460 e. The highest BCUT2D eigenvalue weighted by atomic mass is 16.7. The Hall–Kier alpha value is -1.85. The number of carbonyl (C=O) groups is 3. The van der Waals surface area contributed by atoms with Gasteiger partial charge in [-0.05, 0) is 12.8 Å². The van der Waals surface area contributed by atoms with Crippen LogP contribution in [0.25, 0.3) is 0 Å². The van der Waals surface area contributed by atoms with Crippen molar-refractivity contribution in [3.05, 3.63) is 12.7 Å². The van der Waals surface area contributed by atoms with Crippen LogP contribution in [0.4, 0.5) is 0 Å². The van der Waals surface area contributed by atoms with Gasteiger partial charge in [0.05, 0.1) is 13.0 Å². The Bertz CT molecular complexity index is 793. The van der Waals surface area contributed by atoms with Crippen LogP contribution in [-0.2, 0) is 33.3 Å². The molecule has 0 aromatic heterocycles. The Labute approximate surface area is 272 Å². The number of amides is 1. The predicted molar refractivity (Wildman–Crippen MR) is 175 cm³/mol. The molecule has 5 atom stereocenters. The molecule has 1 fully saturated rings. The molecule has 1 aliphatic heterocycles. The highest BCUT2D eigenvalue weighted by molar-refractivity contribution is 5.98. The van der Waals surface area contributed by atoms with Gasteiger partial charge in [0.25, 0.3) is 0 Å². The van der Waals surface area contributed by atoms with Gasteiger partial charge in [-0.2, -0.15) is 0 Å². The van der Waals surface area contributed by atoms with Gasteiger partial charge in [0.15, 0.2) is 6.29 Å². The number of hydrogen-bond acceptors (Lipinski definition) is 9. The predicted octanol–water partition coefficient (Wildman–Crippen LogP) is 5.70. The summed E-state index contributed by atoms with van der Waals surface area (Å²) >= 11 is 0. The van der Waals surface area contributed by atoms with Gasteiger partial charge in [-0.3, -0.25) is 9.59 Å². The third kappa shape index (κ3) is 19.4. The number of carbonyl (C=O) groups excluding carboxylic acids is 3. The zero-order chi connectivity index (χ0) is 33.1. The van der Waals surface area contributed by atoms with Crippen molar-refractivity contribution in [1.29, 1.82) is 0 Å². The molecule has 262 valence electrons. The molecular weight excluding hydrogens is 578 g/mol. The first kappa shape index (κ1) is 41.2. The quantitative estimate of drug-likeness (QED) is 0.0406. The van der Waals surface area contributed by atoms with E-state index in [4.69, 9.17) is 18.9 Å². The van der Waals surface area contributed by atoms with Gasteiger partial charge in [-0.25, -0.2) is 4.79 Å². The molecule has 0 unspecified atom stereocenters. The number of aliphatic hydroxyl groups excluding tert-OH is 2. The standard InChI is InChI=1S/C35H63NO9/c1-4-7-9-11-13-15-16-18-20-22-28(38)25-30(39)36-32-34(43-24-21-19-17-14-12-10-8-5-2)33(41)29(26-37)45-35(32)44-27-31(40)42-23-6-3/h6,29,32-35,37,41H,3-5,7-27H2,1-2H3,(H,36,39)/t29-,32-,33-,34-,35+/m1/s1. The molecule has 45 heavy (non-hydrogen) atoms. The lowest BCUT2D eigenvalue weighted by molar-refractivity contribution is -0.276. The lowest BCUT2D eigenvalue weighted by atomic mass is 9.96. The summed E-state index contributed by atoms with van der Waals surface area (Å²) < 4.78 is 22.5. The van der Waals surface area contributed by atoms with Crippen molar-refractivity contribution in [2.24, 2.45) is 0 Å². The van der Waals surface area contributed by atoms with E-state index in [1.165, 1.54) is 70.3 Å². The molecule has 0 radical (unpaired) electrons. The Kier molecular flexibility index (Phi) is 25.0. The first-order valence-corrected chi connectivity index (χ1v) is 17.6. The number of hydrogen-bond donors (Lipinski definition) is 3. The average Bonchev–Trinajstić information content (AvgIpc) is 3.02. The van der Waals surface area contributed by atoms with Crippen LogP contribution in [0.3, 0.4) is 0 Å². The fourth-order valence-electron chi connectivity index (χ4n) is 5.50. The van der Waals surface area contributed by atoms with E-state index in [0.29, 0.717) is 13.0 Å². The number of ketones is 1. The minimum atomic E-state index is -1.26. The molecule has 0 bridgehead atoms. The summed E-state index contributed by atoms with van der Waals surface area (Å²) in [6, 6.07) is -1.02. The first-order valence-electron chi connectivity index (χ1n) is 17.6. The molecule has 1 saturated heterocycles. The van der Waals surface area contributed by atoms with E-state index in [1.54, 1.807) is 0 Å². The summed E-state index contributed by atoms with van der Waals surface area (Å²) in [6.07, 6.45) is 16.1. The fourth-order valence-corrected chi connectivity index (χ4v) is 5.50. The molecule has 0 saturated carbocycles. The molecule has 1 heterocycles. The molecule has 3 N–H and O–H groups in total.